The van der Waals surface area contributed by atoms with E-state index >= 15 is 0 Å². The number of carbonyl (C=O) groups excluding carboxylic acids is 1. The van der Waals surface area contributed by atoms with Crippen molar-refractivity contribution >= 4 is 14.1 Å². The van der Waals surface area contributed by atoms with Crippen molar-refractivity contribution in [2.75, 3.05) is 7.11 Å². The zero-order valence-electron chi connectivity index (χ0n) is 13.4. The highest BCUT2D eigenvalue weighted by Crippen LogP contribution is 2.39. The van der Waals surface area contributed by atoms with E-state index in [1.807, 2.05) is 6.08 Å². The topological polar surface area (TPSA) is 35.5 Å². The van der Waals surface area contributed by atoms with Crippen molar-refractivity contribution in [2.45, 2.75) is 64.8 Å². The second-order valence-electron chi connectivity index (χ2n) is 6.95. The Morgan fingerprint density at radius 3 is 2.37 bits per heavy atom. The van der Waals surface area contributed by atoms with E-state index in [2.05, 4.69) is 33.9 Å². The summed E-state index contributed by atoms with van der Waals surface area (Å²) in [6.07, 6.45) is 3.55. The first-order chi connectivity index (χ1) is 8.58. The third-order valence-corrected chi connectivity index (χ3v) is 8.82. The molecule has 19 heavy (non-hydrogen) atoms. The zero-order chi connectivity index (χ0) is 14.8. The van der Waals surface area contributed by atoms with Gasteiger partial charge in [-0.25, -0.2) is 0 Å². The molecule has 1 rings (SSSR count). The van der Waals surface area contributed by atoms with Gasteiger partial charge in [-0.05, 0) is 37.6 Å². The van der Waals surface area contributed by atoms with E-state index in [0.29, 0.717) is 0 Å². The zero-order valence-corrected chi connectivity index (χ0v) is 14.4. The molecule has 0 saturated carbocycles. The molecule has 0 N–H and O–H groups in total. The summed E-state index contributed by atoms with van der Waals surface area (Å²) in [4.78, 5) is 11.6. The van der Waals surface area contributed by atoms with E-state index in [-0.39, 0.29) is 22.8 Å². The van der Waals surface area contributed by atoms with Gasteiger partial charge in [-0.3, -0.25) is 4.79 Å². The molecule has 0 amide bonds. The minimum absolute atomic E-state index is 0.0169. The van der Waals surface area contributed by atoms with Crippen molar-refractivity contribution in [1.29, 1.82) is 0 Å². The molecule has 2 atom stereocenters. The Bertz CT molecular complexity index is 366. The van der Waals surface area contributed by atoms with Crippen molar-refractivity contribution in [3.05, 3.63) is 11.8 Å². The highest BCUT2D eigenvalue weighted by Gasteiger charge is 2.40. The Morgan fingerprint density at radius 1 is 1.37 bits per heavy atom. The first kappa shape index (κ1) is 16.4. The molecule has 0 aromatic carbocycles. The van der Waals surface area contributed by atoms with Gasteiger partial charge in [0.2, 0.25) is 8.32 Å². The summed E-state index contributed by atoms with van der Waals surface area (Å²) in [6, 6.07) is 0. The highest BCUT2D eigenvalue weighted by atomic mass is 28.4. The average molecular weight is 284 g/mol. The highest BCUT2D eigenvalue weighted by molar-refractivity contribution is 6.74. The van der Waals surface area contributed by atoms with Crippen LogP contribution in [0.4, 0.5) is 0 Å². The third kappa shape index (κ3) is 3.92. The van der Waals surface area contributed by atoms with Crippen LogP contribution in [0.3, 0.4) is 0 Å². The van der Waals surface area contributed by atoms with Gasteiger partial charge in [0.1, 0.15) is 5.78 Å². The van der Waals surface area contributed by atoms with E-state index < -0.39 is 8.32 Å². The maximum Gasteiger partial charge on any atom is 0.250 e. The molecular formula is C15H28O3Si. The van der Waals surface area contributed by atoms with Gasteiger partial charge in [0, 0.05) is 19.4 Å². The summed E-state index contributed by atoms with van der Waals surface area (Å²) in [6.45, 7) is 12.8. The van der Waals surface area contributed by atoms with Crippen LogP contribution >= 0.6 is 0 Å². The lowest BCUT2D eigenvalue weighted by Gasteiger charge is -2.39. The van der Waals surface area contributed by atoms with Gasteiger partial charge in [-0.1, -0.05) is 20.8 Å². The van der Waals surface area contributed by atoms with Crippen molar-refractivity contribution in [1.82, 2.24) is 0 Å². The van der Waals surface area contributed by atoms with E-state index in [9.17, 15) is 4.79 Å². The fourth-order valence-electron chi connectivity index (χ4n) is 2.08. The quantitative estimate of drug-likeness (QED) is 0.734. The number of rotatable bonds is 4. The van der Waals surface area contributed by atoms with Crippen LogP contribution in [-0.4, -0.2) is 27.3 Å². The fraction of sp³-hybridized carbons (Fsp3) is 0.800. The lowest BCUT2D eigenvalue weighted by molar-refractivity contribution is -0.124. The summed E-state index contributed by atoms with van der Waals surface area (Å²) >= 11 is 0. The van der Waals surface area contributed by atoms with Crippen molar-refractivity contribution in [2.24, 2.45) is 5.92 Å². The molecule has 1 aliphatic rings. The van der Waals surface area contributed by atoms with Crippen molar-refractivity contribution < 1.29 is 14.0 Å². The van der Waals surface area contributed by atoms with Crippen LogP contribution in [0.15, 0.2) is 11.8 Å². The Hall–Kier alpha value is -0.613. The molecule has 0 fully saturated rings. The number of hydrogen-bond acceptors (Lipinski definition) is 3. The van der Waals surface area contributed by atoms with Gasteiger partial charge in [-0.15, -0.1) is 0 Å². The number of Topliss-reactive ketones (excluding diaryl/α,β-unsaturated/α-hetero) is 1. The molecule has 0 bridgehead atoms. The molecule has 0 saturated heterocycles. The Morgan fingerprint density at radius 2 is 1.95 bits per heavy atom. The summed E-state index contributed by atoms with van der Waals surface area (Å²) in [5.74, 6) is 1.20. The lowest BCUT2D eigenvalue weighted by atomic mass is 9.88. The summed E-state index contributed by atoms with van der Waals surface area (Å²) in [5, 5.41) is 0.188. The normalized spacial score (nSPS) is 24.9. The number of carbonyl (C=O) groups is 1. The fourth-order valence-corrected chi connectivity index (χ4v) is 3.21. The molecule has 0 spiro atoms. The molecule has 1 aliphatic carbocycles. The van der Waals surface area contributed by atoms with Crippen LogP contribution in [0.2, 0.25) is 18.1 Å². The van der Waals surface area contributed by atoms with Gasteiger partial charge in [0.25, 0.3) is 0 Å². The van der Waals surface area contributed by atoms with Gasteiger partial charge >= 0.3 is 0 Å². The van der Waals surface area contributed by atoms with E-state index in [4.69, 9.17) is 9.16 Å². The molecule has 0 unspecified atom stereocenters. The predicted octanol–water partition coefficient (Wildman–Crippen LogP) is 3.91. The average Bonchev–Trinajstić information content (AvgIpc) is 2.26. The standard InChI is InChI=1S/C15H28O3Si/c1-11(16)13-9-8-12(10-14(13)17-5)18-19(6,7)15(2,3)4/h10,13-14H,8-9H2,1-7H3/t13-,14+/m1/s1. The van der Waals surface area contributed by atoms with Crippen LogP contribution in [0.5, 0.6) is 0 Å². The van der Waals surface area contributed by atoms with Crippen molar-refractivity contribution in [3.63, 3.8) is 0 Å². The third-order valence-electron chi connectivity index (χ3n) is 4.44. The van der Waals surface area contributed by atoms with Gasteiger partial charge < -0.3 is 9.16 Å². The van der Waals surface area contributed by atoms with Gasteiger partial charge in [0.15, 0.2) is 0 Å². The maximum atomic E-state index is 11.6. The first-order valence-corrected chi connectivity index (χ1v) is 9.92. The second-order valence-corrected chi connectivity index (χ2v) is 11.7. The number of ketones is 1. The molecule has 0 heterocycles. The second kappa shape index (κ2) is 5.79. The predicted molar refractivity (Wildman–Crippen MR) is 80.6 cm³/mol. The molecule has 0 aromatic heterocycles. The largest absolute Gasteiger partial charge is 0.547 e. The molecule has 0 aliphatic heterocycles. The minimum Gasteiger partial charge on any atom is -0.547 e. The Balaban J connectivity index is 2.84. The number of ether oxygens (including phenoxy) is 1. The van der Waals surface area contributed by atoms with Crippen LogP contribution in [0, 0.1) is 5.92 Å². The van der Waals surface area contributed by atoms with Gasteiger partial charge in [-0.2, -0.15) is 0 Å². The summed E-state index contributed by atoms with van der Waals surface area (Å²) < 4.78 is 11.7. The smallest absolute Gasteiger partial charge is 0.250 e. The molecule has 4 heteroatoms. The first-order valence-electron chi connectivity index (χ1n) is 7.01. The SMILES string of the molecule is CO[C@H]1C=C(O[Si](C)(C)C(C)(C)C)CC[C@@H]1C(C)=O. The Labute approximate surface area is 118 Å². The summed E-state index contributed by atoms with van der Waals surface area (Å²) in [7, 11) is -0.134. The van der Waals surface area contributed by atoms with Crippen LogP contribution in [-0.2, 0) is 14.0 Å². The number of hydrogen-bond donors (Lipinski definition) is 0. The van der Waals surface area contributed by atoms with Crippen LogP contribution < -0.4 is 0 Å². The molecular weight excluding hydrogens is 256 g/mol. The summed E-state index contributed by atoms with van der Waals surface area (Å²) in [5.41, 5.74) is 0. The maximum absolute atomic E-state index is 11.6. The van der Waals surface area contributed by atoms with Crippen LogP contribution in [0.25, 0.3) is 0 Å². The van der Waals surface area contributed by atoms with Gasteiger partial charge in [0.05, 0.1) is 11.9 Å². The molecule has 0 radical (unpaired) electrons. The van der Waals surface area contributed by atoms with E-state index in [0.717, 1.165) is 18.6 Å². The van der Waals surface area contributed by atoms with Crippen molar-refractivity contribution in [3.8, 4) is 0 Å². The lowest BCUT2D eigenvalue weighted by Crippen LogP contribution is -2.41. The molecule has 110 valence electrons. The number of methoxy groups -OCH3 is 1. The molecule has 0 aromatic rings. The van der Waals surface area contributed by atoms with Crippen LogP contribution in [0.1, 0.15) is 40.5 Å². The molecule has 3 nitrogen and oxygen atoms in total. The monoisotopic (exact) mass is 284 g/mol. The van der Waals surface area contributed by atoms with E-state index in [1.54, 1.807) is 14.0 Å². The number of allylic oxidation sites excluding steroid dienone is 1. The Kier molecular flexibility index (Phi) is 5.01. The minimum atomic E-state index is -1.79. The van der Waals surface area contributed by atoms with E-state index in [1.165, 1.54) is 0 Å².